The zero-order chi connectivity index (χ0) is 14.5. The molecule has 3 atom stereocenters. The van der Waals surface area contributed by atoms with E-state index in [1.807, 2.05) is 0 Å². The van der Waals surface area contributed by atoms with Crippen molar-refractivity contribution < 1.29 is 10.2 Å². The molecule has 1 aromatic rings. The highest BCUT2D eigenvalue weighted by Crippen LogP contribution is 2.19. The van der Waals surface area contributed by atoms with Crippen LogP contribution in [0.15, 0.2) is 24.3 Å². The van der Waals surface area contributed by atoms with Gasteiger partial charge in [0.2, 0.25) is 0 Å². The van der Waals surface area contributed by atoms with Crippen molar-refractivity contribution in [2.75, 3.05) is 26.2 Å². The third-order valence-corrected chi connectivity index (χ3v) is 4.00. The lowest BCUT2D eigenvalue weighted by Gasteiger charge is -2.22. The van der Waals surface area contributed by atoms with Gasteiger partial charge in [-0.3, -0.25) is 4.90 Å². The maximum absolute atomic E-state index is 9.58. The first-order chi connectivity index (χ1) is 9.60. The monoisotopic (exact) mass is 278 g/mol. The molecule has 112 valence electrons. The molecule has 1 fully saturated rings. The van der Waals surface area contributed by atoms with Gasteiger partial charge in [0.1, 0.15) is 0 Å². The highest BCUT2D eigenvalue weighted by Gasteiger charge is 2.29. The lowest BCUT2D eigenvalue weighted by atomic mass is 10.0. The Morgan fingerprint density at radius 2 is 1.80 bits per heavy atom. The molecule has 1 saturated heterocycles. The standard InChI is InChI=1S/C16H26N2O2/c1-3-17-14(13-6-4-12(2)5-7-13)8-9-18-10-15(19)16(20)11-18/h4-7,14-17,19-20H,3,8-11H2,1-2H3. The second kappa shape index (κ2) is 7.18. The highest BCUT2D eigenvalue weighted by atomic mass is 16.3. The average molecular weight is 278 g/mol. The molecule has 3 N–H and O–H groups in total. The van der Waals surface area contributed by atoms with Gasteiger partial charge in [-0.25, -0.2) is 0 Å². The molecular formula is C16H26N2O2. The van der Waals surface area contributed by atoms with Crippen LogP contribution in [0.4, 0.5) is 0 Å². The molecular weight excluding hydrogens is 252 g/mol. The van der Waals surface area contributed by atoms with Crippen molar-refractivity contribution in [3.63, 3.8) is 0 Å². The molecule has 0 aromatic heterocycles. The molecule has 0 bridgehead atoms. The first kappa shape index (κ1) is 15.4. The van der Waals surface area contributed by atoms with Crippen LogP contribution < -0.4 is 5.32 Å². The van der Waals surface area contributed by atoms with Crippen LogP contribution >= 0.6 is 0 Å². The number of aliphatic hydroxyl groups is 2. The van der Waals surface area contributed by atoms with Gasteiger partial charge in [-0.05, 0) is 25.5 Å². The van der Waals surface area contributed by atoms with Crippen molar-refractivity contribution in [1.82, 2.24) is 10.2 Å². The van der Waals surface area contributed by atoms with Crippen LogP contribution in [0.3, 0.4) is 0 Å². The van der Waals surface area contributed by atoms with E-state index in [4.69, 9.17) is 0 Å². The number of β-amino-alcohol motifs (C(OH)–C–C–N with tert-alkyl or cyclic N) is 2. The van der Waals surface area contributed by atoms with Gasteiger partial charge in [-0.15, -0.1) is 0 Å². The summed E-state index contributed by atoms with van der Waals surface area (Å²) in [5, 5.41) is 22.7. The van der Waals surface area contributed by atoms with E-state index < -0.39 is 12.2 Å². The number of benzene rings is 1. The Bertz CT molecular complexity index is 397. The molecule has 0 spiro atoms. The second-order valence-electron chi connectivity index (χ2n) is 5.70. The van der Waals surface area contributed by atoms with E-state index in [0.29, 0.717) is 19.1 Å². The number of aliphatic hydroxyl groups excluding tert-OH is 2. The fourth-order valence-corrected chi connectivity index (χ4v) is 2.77. The van der Waals surface area contributed by atoms with Gasteiger partial charge in [0.05, 0.1) is 12.2 Å². The summed E-state index contributed by atoms with van der Waals surface area (Å²) in [5.41, 5.74) is 2.58. The summed E-state index contributed by atoms with van der Waals surface area (Å²) in [6.07, 6.45) is -0.199. The molecule has 0 amide bonds. The van der Waals surface area contributed by atoms with Crippen LogP contribution in [0.25, 0.3) is 0 Å². The van der Waals surface area contributed by atoms with Crippen LogP contribution in [0, 0.1) is 6.92 Å². The van der Waals surface area contributed by atoms with Crippen molar-refractivity contribution in [3.05, 3.63) is 35.4 Å². The van der Waals surface area contributed by atoms with Gasteiger partial charge < -0.3 is 15.5 Å². The quantitative estimate of drug-likeness (QED) is 0.729. The molecule has 4 nitrogen and oxygen atoms in total. The first-order valence-electron chi connectivity index (χ1n) is 7.48. The Kier molecular flexibility index (Phi) is 5.54. The van der Waals surface area contributed by atoms with Crippen LogP contribution in [-0.4, -0.2) is 53.5 Å². The molecule has 20 heavy (non-hydrogen) atoms. The summed E-state index contributed by atoms with van der Waals surface area (Å²) in [7, 11) is 0. The van der Waals surface area contributed by atoms with Gasteiger partial charge in [-0.1, -0.05) is 36.8 Å². The molecule has 1 aromatic carbocycles. The largest absolute Gasteiger partial charge is 0.389 e. The van der Waals surface area contributed by atoms with Crippen LogP contribution in [-0.2, 0) is 0 Å². The smallest absolute Gasteiger partial charge is 0.0938 e. The average Bonchev–Trinajstić information content (AvgIpc) is 2.75. The van der Waals surface area contributed by atoms with Crippen molar-refractivity contribution >= 4 is 0 Å². The molecule has 2 rings (SSSR count). The van der Waals surface area contributed by atoms with E-state index in [1.54, 1.807) is 0 Å². The van der Waals surface area contributed by atoms with E-state index in [0.717, 1.165) is 19.5 Å². The minimum atomic E-state index is -0.591. The Balaban J connectivity index is 1.91. The van der Waals surface area contributed by atoms with Gasteiger partial charge in [0, 0.05) is 25.7 Å². The van der Waals surface area contributed by atoms with Crippen molar-refractivity contribution in [2.24, 2.45) is 0 Å². The minimum Gasteiger partial charge on any atom is -0.389 e. The Labute approximate surface area is 121 Å². The normalized spacial score (nSPS) is 25.0. The summed E-state index contributed by atoms with van der Waals surface area (Å²) < 4.78 is 0. The van der Waals surface area contributed by atoms with E-state index in [1.165, 1.54) is 11.1 Å². The van der Waals surface area contributed by atoms with Crippen molar-refractivity contribution in [1.29, 1.82) is 0 Å². The van der Waals surface area contributed by atoms with Gasteiger partial charge in [-0.2, -0.15) is 0 Å². The summed E-state index contributed by atoms with van der Waals surface area (Å²) in [6.45, 7) is 7.19. The zero-order valence-corrected chi connectivity index (χ0v) is 12.4. The van der Waals surface area contributed by atoms with Crippen LogP contribution in [0.5, 0.6) is 0 Å². The van der Waals surface area contributed by atoms with Crippen molar-refractivity contribution in [2.45, 2.75) is 38.5 Å². The van der Waals surface area contributed by atoms with Crippen molar-refractivity contribution in [3.8, 4) is 0 Å². The van der Waals surface area contributed by atoms with Crippen LogP contribution in [0.2, 0.25) is 0 Å². The lowest BCUT2D eigenvalue weighted by molar-refractivity contribution is 0.0572. The molecule has 0 aliphatic carbocycles. The summed E-state index contributed by atoms with van der Waals surface area (Å²) in [5.74, 6) is 0. The molecule has 0 radical (unpaired) electrons. The lowest BCUT2D eigenvalue weighted by Crippen LogP contribution is -2.29. The zero-order valence-electron chi connectivity index (χ0n) is 12.4. The third kappa shape index (κ3) is 4.03. The summed E-state index contributed by atoms with van der Waals surface area (Å²) >= 11 is 0. The van der Waals surface area contributed by atoms with Gasteiger partial charge in [0.15, 0.2) is 0 Å². The number of likely N-dealkylation sites (tertiary alicyclic amines) is 1. The minimum absolute atomic E-state index is 0.329. The van der Waals surface area contributed by atoms with E-state index in [9.17, 15) is 10.2 Å². The van der Waals surface area contributed by atoms with Gasteiger partial charge in [0.25, 0.3) is 0 Å². The highest BCUT2D eigenvalue weighted by molar-refractivity contribution is 5.24. The molecule has 0 saturated carbocycles. The number of nitrogens with zero attached hydrogens (tertiary/aromatic N) is 1. The summed E-state index contributed by atoms with van der Waals surface area (Å²) in [6, 6.07) is 8.97. The molecule has 1 aliphatic rings. The molecule has 4 heteroatoms. The fraction of sp³-hybridized carbons (Fsp3) is 0.625. The van der Waals surface area contributed by atoms with E-state index in [2.05, 4.69) is 48.3 Å². The molecule has 1 heterocycles. The topological polar surface area (TPSA) is 55.7 Å². The Morgan fingerprint density at radius 3 is 2.35 bits per heavy atom. The summed E-state index contributed by atoms with van der Waals surface area (Å²) in [4.78, 5) is 2.13. The first-order valence-corrected chi connectivity index (χ1v) is 7.48. The SMILES string of the molecule is CCNC(CCN1CC(O)C(O)C1)c1ccc(C)cc1. The molecule has 3 unspecified atom stereocenters. The predicted octanol–water partition coefficient (Wildman–Crippen LogP) is 1.07. The molecule has 1 aliphatic heterocycles. The van der Waals surface area contributed by atoms with E-state index >= 15 is 0 Å². The number of hydrogen-bond acceptors (Lipinski definition) is 4. The van der Waals surface area contributed by atoms with E-state index in [-0.39, 0.29) is 0 Å². The number of nitrogens with one attached hydrogen (secondary N) is 1. The second-order valence-corrected chi connectivity index (χ2v) is 5.70. The Hall–Kier alpha value is -0.940. The van der Waals surface area contributed by atoms with Crippen LogP contribution in [0.1, 0.15) is 30.5 Å². The predicted molar refractivity (Wildman–Crippen MR) is 80.7 cm³/mol. The number of rotatable bonds is 6. The number of hydrogen-bond donors (Lipinski definition) is 3. The maximum atomic E-state index is 9.58. The van der Waals surface area contributed by atoms with Gasteiger partial charge >= 0.3 is 0 Å². The maximum Gasteiger partial charge on any atom is 0.0938 e. The fourth-order valence-electron chi connectivity index (χ4n) is 2.77. The number of aryl methyl sites for hydroxylation is 1. The Morgan fingerprint density at radius 1 is 1.20 bits per heavy atom. The third-order valence-electron chi connectivity index (χ3n) is 4.00.